The number of carbonyl (C=O) groups is 2. The van der Waals surface area contributed by atoms with E-state index >= 15 is 0 Å². The van der Waals surface area contributed by atoms with Crippen LogP contribution in [0.15, 0.2) is 96.4 Å². The highest BCUT2D eigenvalue weighted by molar-refractivity contribution is 7.89. The minimum Gasteiger partial charge on any atom is -0.352 e. The Hall–Kier alpha value is -3.75. The number of hydrogen-bond acceptors (Lipinski definition) is 4. The molecular formula is C30H33N3O4S. The molecule has 2 unspecified atom stereocenters. The van der Waals surface area contributed by atoms with Gasteiger partial charge in [-0.2, -0.15) is 4.31 Å². The molecule has 3 aromatic carbocycles. The lowest BCUT2D eigenvalue weighted by Gasteiger charge is -2.36. The van der Waals surface area contributed by atoms with Gasteiger partial charge >= 0.3 is 0 Å². The predicted octanol–water partition coefficient (Wildman–Crippen LogP) is 4.17. The zero-order valence-electron chi connectivity index (χ0n) is 21.5. The highest BCUT2D eigenvalue weighted by Crippen LogP contribution is 2.26. The molecule has 0 spiro atoms. The van der Waals surface area contributed by atoms with Crippen LogP contribution >= 0.6 is 0 Å². The Balaban J connectivity index is 1.30. The molecule has 0 aromatic heterocycles. The van der Waals surface area contributed by atoms with E-state index in [1.54, 1.807) is 12.1 Å². The Kier molecular flexibility index (Phi) is 8.76. The Morgan fingerprint density at radius 1 is 0.974 bits per heavy atom. The average molecular weight is 532 g/mol. The molecule has 1 heterocycles. The van der Waals surface area contributed by atoms with Crippen LogP contribution in [0.25, 0.3) is 11.1 Å². The number of amides is 2. The molecule has 3 aromatic rings. The quantitative estimate of drug-likeness (QED) is 0.405. The number of nitrogens with zero attached hydrogens (tertiary/aromatic N) is 1. The van der Waals surface area contributed by atoms with Crippen molar-refractivity contribution in [3.05, 3.63) is 103 Å². The molecule has 0 saturated carbocycles. The van der Waals surface area contributed by atoms with Crippen molar-refractivity contribution in [3.8, 4) is 11.1 Å². The van der Waals surface area contributed by atoms with Crippen molar-refractivity contribution in [1.82, 2.24) is 14.9 Å². The molecular weight excluding hydrogens is 498 g/mol. The van der Waals surface area contributed by atoms with Crippen molar-refractivity contribution in [2.45, 2.75) is 43.2 Å². The topological polar surface area (TPSA) is 95.6 Å². The van der Waals surface area contributed by atoms with E-state index in [2.05, 4.69) is 53.6 Å². The van der Waals surface area contributed by atoms with Crippen molar-refractivity contribution in [3.63, 3.8) is 0 Å². The minimum absolute atomic E-state index is 0.0881. The van der Waals surface area contributed by atoms with E-state index < -0.39 is 10.0 Å². The van der Waals surface area contributed by atoms with Gasteiger partial charge in [-0.15, -0.1) is 0 Å². The van der Waals surface area contributed by atoms with Crippen molar-refractivity contribution in [2.75, 3.05) is 13.1 Å². The molecule has 38 heavy (non-hydrogen) atoms. The summed E-state index contributed by atoms with van der Waals surface area (Å²) in [5.74, 6) is -0.504. The molecule has 0 radical (unpaired) electrons. The van der Waals surface area contributed by atoms with Gasteiger partial charge in [0.15, 0.2) is 0 Å². The van der Waals surface area contributed by atoms with Crippen LogP contribution in [0.4, 0.5) is 0 Å². The second-order valence-electron chi connectivity index (χ2n) is 9.49. The van der Waals surface area contributed by atoms with Crippen molar-refractivity contribution in [1.29, 1.82) is 0 Å². The second kappa shape index (κ2) is 12.2. The van der Waals surface area contributed by atoms with E-state index in [9.17, 15) is 18.0 Å². The fourth-order valence-electron chi connectivity index (χ4n) is 4.73. The monoisotopic (exact) mass is 531 g/mol. The smallest absolute Gasteiger partial charge is 0.251 e. The zero-order chi connectivity index (χ0) is 27.1. The fraction of sp³-hybridized carbons (Fsp3) is 0.267. The molecule has 2 amide bonds. The first kappa shape index (κ1) is 27.3. The number of piperidine rings is 1. The van der Waals surface area contributed by atoms with Gasteiger partial charge in [0.05, 0.1) is 4.90 Å². The van der Waals surface area contributed by atoms with Crippen LogP contribution in [-0.4, -0.2) is 49.7 Å². The molecule has 1 fully saturated rings. The van der Waals surface area contributed by atoms with Crippen LogP contribution in [0, 0.1) is 0 Å². The van der Waals surface area contributed by atoms with Gasteiger partial charge in [-0.1, -0.05) is 61.2 Å². The molecule has 7 nitrogen and oxygen atoms in total. The number of rotatable bonds is 9. The lowest BCUT2D eigenvalue weighted by Crippen LogP contribution is -2.50. The van der Waals surface area contributed by atoms with E-state index in [1.165, 1.54) is 22.5 Å². The lowest BCUT2D eigenvalue weighted by atomic mass is 10.0. The van der Waals surface area contributed by atoms with Crippen LogP contribution in [0.3, 0.4) is 0 Å². The van der Waals surface area contributed by atoms with E-state index in [0.717, 1.165) is 16.7 Å². The van der Waals surface area contributed by atoms with Gasteiger partial charge in [0.1, 0.15) is 0 Å². The Morgan fingerprint density at radius 3 is 2.26 bits per heavy atom. The highest BCUT2D eigenvalue weighted by Gasteiger charge is 2.34. The third-order valence-corrected chi connectivity index (χ3v) is 8.86. The Labute approximate surface area is 224 Å². The van der Waals surface area contributed by atoms with E-state index in [4.69, 9.17) is 0 Å². The molecule has 2 atom stereocenters. The summed E-state index contributed by atoms with van der Waals surface area (Å²) in [7, 11) is -3.72. The molecule has 198 valence electrons. The largest absolute Gasteiger partial charge is 0.352 e. The fourth-order valence-corrected chi connectivity index (χ4v) is 6.39. The normalized spacial score (nSPS) is 17.9. The molecule has 1 aliphatic rings. The van der Waals surface area contributed by atoms with Gasteiger partial charge in [0.25, 0.3) is 5.91 Å². The number of benzene rings is 3. The average Bonchev–Trinajstić information content (AvgIpc) is 2.93. The number of carbonyl (C=O) groups excluding carboxylic acids is 2. The van der Waals surface area contributed by atoms with Gasteiger partial charge in [-0.25, -0.2) is 8.42 Å². The molecule has 1 aliphatic heterocycles. The molecule has 8 heteroatoms. The van der Waals surface area contributed by atoms with Crippen LogP contribution in [0.2, 0.25) is 0 Å². The molecule has 4 rings (SSSR count). The molecule has 0 bridgehead atoms. The summed E-state index contributed by atoms with van der Waals surface area (Å²) in [5.41, 5.74) is 3.83. The molecule has 2 N–H and O–H groups in total. The van der Waals surface area contributed by atoms with E-state index in [0.29, 0.717) is 37.9 Å². The number of sulfonamides is 1. The first-order valence-electron chi connectivity index (χ1n) is 12.8. The third-order valence-electron chi connectivity index (χ3n) is 6.83. The van der Waals surface area contributed by atoms with Crippen molar-refractivity contribution in [2.24, 2.45) is 0 Å². The van der Waals surface area contributed by atoms with Crippen LogP contribution in [0.5, 0.6) is 0 Å². The summed E-state index contributed by atoms with van der Waals surface area (Å²) in [5, 5.41) is 5.75. The summed E-state index contributed by atoms with van der Waals surface area (Å²) in [6, 6.07) is 24.1. The van der Waals surface area contributed by atoms with Crippen molar-refractivity contribution < 1.29 is 18.0 Å². The van der Waals surface area contributed by atoms with Crippen LogP contribution in [0.1, 0.15) is 35.7 Å². The SMILES string of the molecule is C=CC(=O)NC1CCN(S(=O)(=O)c2ccc(C(=O)NCCc3ccc(-c4ccccc4)cc3)cc2)C(C)C1. The lowest BCUT2D eigenvalue weighted by molar-refractivity contribution is -0.117. The summed E-state index contributed by atoms with van der Waals surface area (Å²) in [6.45, 7) is 6.06. The number of hydrogen-bond donors (Lipinski definition) is 2. The van der Waals surface area contributed by atoms with Gasteiger partial charge in [-0.05, 0) is 73.2 Å². The Morgan fingerprint density at radius 2 is 1.63 bits per heavy atom. The van der Waals surface area contributed by atoms with Gasteiger partial charge < -0.3 is 10.6 Å². The van der Waals surface area contributed by atoms with Crippen LogP contribution in [-0.2, 0) is 21.2 Å². The van der Waals surface area contributed by atoms with Gasteiger partial charge in [0, 0.05) is 30.7 Å². The summed E-state index contributed by atoms with van der Waals surface area (Å²) < 4.78 is 27.9. The zero-order valence-corrected chi connectivity index (χ0v) is 22.3. The maximum Gasteiger partial charge on any atom is 0.251 e. The van der Waals surface area contributed by atoms with Crippen LogP contribution < -0.4 is 10.6 Å². The number of nitrogens with one attached hydrogen (secondary N) is 2. The van der Waals surface area contributed by atoms with Gasteiger partial charge in [-0.3, -0.25) is 9.59 Å². The standard InChI is InChI=1S/C30H33N3O4S/c1-3-29(34)32-27-18-20-33(22(2)21-27)38(36,37)28-15-13-26(14-16-28)30(35)31-19-17-23-9-11-25(12-10-23)24-7-5-4-6-8-24/h3-16,22,27H,1,17-21H2,2H3,(H,31,35)(H,32,34). The summed E-state index contributed by atoms with van der Waals surface area (Å²) >= 11 is 0. The summed E-state index contributed by atoms with van der Waals surface area (Å²) in [4.78, 5) is 24.4. The molecule has 1 saturated heterocycles. The first-order valence-corrected chi connectivity index (χ1v) is 14.2. The van der Waals surface area contributed by atoms with Crippen molar-refractivity contribution >= 4 is 21.8 Å². The Bertz CT molecular complexity index is 1370. The first-order chi connectivity index (χ1) is 18.3. The van der Waals surface area contributed by atoms with Gasteiger partial charge in [0.2, 0.25) is 15.9 Å². The molecule has 0 aliphatic carbocycles. The maximum atomic E-state index is 13.2. The van der Waals surface area contributed by atoms with E-state index in [-0.39, 0.29) is 28.8 Å². The maximum absolute atomic E-state index is 13.2. The minimum atomic E-state index is -3.72. The van der Waals surface area contributed by atoms with E-state index in [1.807, 2.05) is 25.1 Å². The summed E-state index contributed by atoms with van der Waals surface area (Å²) in [6.07, 6.45) is 2.95. The highest BCUT2D eigenvalue weighted by atomic mass is 32.2. The second-order valence-corrected chi connectivity index (χ2v) is 11.4. The third kappa shape index (κ3) is 6.57. The predicted molar refractivity (Wildman–Crippen MR) is 149 cm³/mol.